The van der Waals surface area contributed by atoms with E-state index in [2.05, 4.69) is 25.6 Å². The summed E-state index contributed by atoms with van der Waals surface area (Å²) in [4.78, 5) is 3.84. The molecule has 2 aromatic rings. The average molecular weight is 361 g/mol. The van der Waals surface area contributed by atoms with Gasteiger partial charge in [0.2, 0.25) is 0 Å². The van der Waals surface area contributed by atoms with Crippen molar-refractivity contribution in [1.82, 2.24) is 4.98 Å². The fraction of sp³-hybridized carbons (Fsp3) is 0.250. The van der Waals surface area contributed by atoms with Gasteiger partial charge in [0.25, 0.3) is 10.0 Å². The maximum absolute atomic E-state index is 12.4. The smallest absolute Gasteiger partial charge is 0.265 e. The van der Waals surface area contributed by atoms with Crippen molar-refractivity contribution in [3.8, 4) is 0 Å². The van der Waals surface area contributed by atoms with Crippen LogP contribution >= 0.6 is 15.9 Å². The minimum atomic E-state index is -3.85. The topological polar surface area (TPSA) is 92.4 Å². The summed E-state index contributed by atoms with van der Waals surface area (Å²) in [7, 11) is -3.85. The molecule has 6 nitrogen and oxygen atoms in total. The van der Waals surface area contributed by atoms with Crippen molar-refractivity contribution in [2.45, 2.75) is 25.3 Å². The molecule has 0 aliphatic rings. The van der Waals surface area contributed by atoms with Gasteiger partial charge in [-0.15, -0.1) is 0 Å². The molecule has 0 aliphatic carbocycles. The quantitative estimate of drug-likeness (QED) is 0.872. The zero-order valence-electron chi connectivity index (χ0n) is 10.8. The van der Waals surface area contributed by atoms with E-state index in [1.807, 2.05) is 0 Å². The van der Waals surface area contributed by atoms with E-state index in [4.69, 9.17) is 4.42 Å². The standard InChI is InChI=1S/C12H13BrN2O4S/c1-7-9(6-16)12(8(2)19-7)20(17,18)15-11-3-4-14-5-10(11)13/h3-5,16H,6H2,1-2H3,(H,14,15). The van der Waals surface area contributed by atoms with Crippen LogP contribution in [0.1, 0.15) is 17.1 Å². The highest BCUT2D eigenvalue weighted by molar-refractivity contribution is 9.10. The number of rotatable bonds is 4. The number of furan rings is 1. The van der Waals surface area contributed by atoms with E-state index in [0.29, 0.717) is 15.9 Å². The predicted octanol–water partition coefficient (Wildman–Crippen LogP) is 2.35. The molecule has 20 heavy (non-hydrogen) atoms. The number of hydrogen-bond acceptors (Lipinski definition) is 5. The van der Waals surface area contributed by atoms with Gasteiger partial charge in [0.15, 0.2) is 0 Å². The van der Waals surface area contributed by atoms with Crippen molar-refractivity contribution in [1.29, 1.82) is 0 Å². The fourth-order valence-corrected chi connectivity index (χ4v) is 3.90. The second kappa shape index (κ2) is 5.55. The Kier molecular flexibility index (Phi) is 4.17. The minimum absolute atomic E-state index is 0.0267. The highest BCUT2D eigenvalue weighted by Crippen LogP contribution is 2.30. The second-order valence-corrected chi connectivity index (χ2v) is 6.61. The Bertz CT molecular complexity index is 740. The van der Waals surface area contributed by atoms with Crippen LogP contribution in [0.2, 0.25) is 0 Å². The average Bonchev–Trinajstić information content (AvgIpc) is 2.67. The van der Waals surface area contributed by atoms with Crippen LogP contribution in [0.25, 0.3) is 0 Å². The Hall–Kier alpha value is -1.38. The molecule has 2 N–H and O–H groups in total. The van der Waals surface area contributed by atoms with Crippen molar-refractivity contribution in [3.05, 3.63) is 40.0 Å². The minimum Gasteiger partial charge on any atom is -0.465 e. The van der Waals surface area contributed by atoms with E-state index in [9.17, 15) is 13.5 Å². The molecule has 0 fully saturated rings. The zero-order chi connectivity index (χ0) is 14.9. The Balaban J connectivity index is 2.49. The highest BCUT2D eigenvalue weighted by atomic mass is 79.9. The lowest BCUT2D eigenvalue weighted by Gasteiger charge is -2.09. The lowest BCUT2D eigenvalue weighted by Crippen LogP contribution is -2.15. The van der Waals surface area contributed by atoms with E-state index in [1.54, 1.807) is 13.8 Å². The van der Waals surface area contributed by atoms with Crippen molar-refractivity contribution in [3.63, 3.8) is 0 Å². The molecule has 0 atom stereocenters. The zero-order valence-corrected chi connectivity index (χ0v) is 13.2. The number of aliphatic hydroxyl groups excluding tert-OH is 1. The van der Waals surface area contributed by atoms with Gasteiger partial charge < -0.3 is 9.52 Å². The number of pyridine rings is 1. The monoisotopic (exact) mass is 360 g/mol. The summed E-state index contributed by atoms with van der Waals surface area (Å²) in [5.74, 6) is 0.628. The maximum atomic E-state index is 12.4. The van der Waals surface area contributed by atoms with E-state index in [0.717, 1.165) is 0 Å². The number of sulfonamides is 1. The van der Waals surface area contributed by atoms with Gasteiger partial charge >= 0.3 is 0 Å². The van der Waals surface area contributed by atoms with Crippen LogP contribution in [0.4, 0.5) is 5.69 Å². The first-order valence-electron chi connectivity index (χ1n) is 5.69. The van der Waals surface area contributed by atoms with E-state index < -0.39 is 16.6 Å². The molecule has 0 saturated heterocycles. The Morgan fingerprint density at radius 3 is 2.70 bits per heavy atom. The lowest BCUT2D eigenvalue weighted by molar-refractivity contribution is 0.276. The molecular formula is C12H13BrN2O4S. The first-order valence-corrected chi connectivity index (χ1v) is 7.96. The Labute approximate surface area is 125 Å². The van der Waals surface area contributed by atoms with Gasteiger partial charge in [-0.25, -0.2) is 8.42 Å². The molecule has 0 amide bonds. The van der Waals surface area contributed by atoms with Gasteiger partial charge in [-0.1, -0.05) is 0 Å². The number of anilines is 1. The maximum Gasteiger partial charge on any atom is 0.265 e. The number of nitrogens with one attached hydrogen (secondary N) is 1. The van der Waals surface area contributed by atoms with Gasteiger partial charge in [-0.3, -0.25) is 9.71 Å². The van der Waals surface area contributed by atoms with Crippen molar-refractivity contribution in [2.24, 2.45) is 0 Å². The van der Waals surface area contributed by atoms with Gasteiger partial charge in [0.1, 0.15) is 16.4 Å². The molecule has 0 radical (unpaired) electrons. The van der Waals surface area contributed by atoms with Crippen LogP contribution in [0.15, 0.2) is 32.2 Å². The number of aryl methyl sites for hydroxylation is 2. The van der Waals surface area contributed by atoms with Crippen molar-refractivity contribution in [2.75, 3.05) is 4.72 Å². The third-order valence-corrected chi connectivity index (χ3v) is 4.96. The van der Waals surface area contributed by atoms with Crippen LogP contribution in [0.5, 0.6) is 0 Å². The molecule has 2 heterocycles. The van der Waals surface area contributed by atoms with Gasteiger partial charge in [-0.2, -0.15) is 0 Å². The predicted molar refractivity (Wildman–Crippen MR) is 76.9 cm³/mol. The van der Waals surface area contributed by atoms with Crippen LogP contribution < -0.4 is 4.72 Å². The molecule has 0 bridgehead atoms. The molecule has 0 aromatic carbocycles. The first-order chi connectivity index (χ1) is 9.36. The van der Waals surface area contributed by atoms with Gasteiger partial charge in [0.05, 0.1) is 16.8 Å². The fourth-order valence-electron chi connectivity index (χ4n) is 1.90. The molecular weight excluding hydrogens is 348 g/mol. The molecule has 2 rings (SSSR count). The Morgan fingerprint density at radius 1 is 1.40 bits per heavy atom. The van der Waals surface area contributed by atoms with Crippen LogP contribution in [0.3, 0.4) is 0 Å². The number of aromatic nitrogens is 1. The summed E-state index contributed by atoms with van der Waals surface area (Å²) < 4.78 is 33.1. The van der Waals surface area contributed by atoms with E-state index in [-0.39, 0.29) is 16.2 Å². The first kappa shape index (κ1) is 15.0. The molecule has 0 aliphatic heterocycles. The molecule has 0 unspecified atom stereocenters. The molecule has 108 valence electrons. The number of hydrogen-bond donors (Lipinski definition) is 2. The van der Waals surface area contributed by atoms with Crippen molar-refractivity contribution < 1.29 is 17.9 Å². The Morgan fingerprint density at radius 2 is 2.10 bits per heavy atom. The third kappa shape index (κ3) is 2.72. The van der Waals surface area contributed by atoms with Gasteiger partial charge in [-0.05, 0) is 35.8 Å². The summed E-state index contributed by atoms with van der Waals surface area (Å²) in [5, 5.41) is 9.33. The van der Waals surface area contributed by atoms with E-state index >= 15 is 0 Å². The summed E-state index contributed by atoms with van der Waals surface area (Å²) >= 11 is 3.22. The molecule has 0 spiro atoms. The molecule has 2 aromatic heterocycles. The summed E-state index contributed by atoms with van der Waals surface area (Å²) in [6, 6.07) is 1.53. The highest BCUT2D eigenvalue weighted by Gasteiger charge is 2.27. The number of halogens is 1. The number of nitrogens with zero attached hydrogens (tertiary/aromatic N) is 1. The molecule has 8 heteroatoms. The molecule has 0 saturated carbocycles. The van der Waals surface area contributed by atoms with Crippen LogP contribution in [-0.2, 0) is 16.6 Å². The van der Waals surface area contributed by atoms with Crippen LogP contribution in [-0.4, -0.2) is 18.5 Å². The van der Waals surface area contributed by atoms with Crippen molar-refractivity contribution >= 4 is 31.6 Å². The summed E-state index contributed by atoms with van der Waals surface area (Å²) in [6.45, 7) is 2.75. The van der Waals surface area contributed by atoms with Crippen LogP contribution in [0, 0.1) is 13.8 Å². The summed E-state index contributed by atoms with van der Waals surface area (Å²) in [6.07, 6.45) is 2.96. The third-order valence-electron chi connectivity index (χ3n) is 2.77. The number of aliphatic hydroxyl groups is 1. The SMILES string of the molecule is Cc1oc(C)c(S(=O)(=O)Nc2ccncc2Br)c1CO. The largest absolute Gasteiger partial charge is 0.465 e. The normalized spacial score (nSPS) is 11.6. The second-order valence-electron chi connectivity index (χ2n) is 4.14. The lowest BCUT2D eigenvalue weighted by atomic mass is 10.2. The van der Waals surface area contributed by atoms with Gasteiger partial charge in [0, 0.05) is 18.0 Å². The summed E-state index contributed by atoms with van der Waals surface area (Å²) in [5.41, 5.74) is 0.627. The van der Waals surface area contributed by atoms with E-state index in [1.165, 1.54) is 18.5 Å².